The maximum atomic E-state index is 5.43. The molecule has 0 saturated heterocycles. The third-order valence-electron chi connectivity index (χ3n) is 3.32. The van der Waals surface area contributed by atoms with Crippen LogP contribution < -0.4 is 10.1 Å². The second-order valence-electron chi connectivity index (χ2n) is 4.88. The quantitative estimate of drug-likeness (QED) is 0.900. The molecule has 2 rings (SSSR count). The van der Waals surface area contributed by atoms with Gasteiger partial charge in [0.05, 0.1) is 19.3 Å². The molecular formula is C16H19BrN2O. The second kappa shape index (κ2) is 6.27. The van der Waals surface area contributed by atoms with Crippen LogP contribution in [0.5, 0.6) is 5.75 Å². The summed E-state index contributed by atoms with van der Waals surface area (Å²) >= 11 is 3.55. The van der Waals surface area contributed by atoms with E-state index in [0.717, 1.165) is 32.7 Å². The standard InChI is InChI=1S/C16H19BrN2O/c1-10-5-6-13(17)14(7-10)19-9-15-12(3)16(20-4)11(2)8-18-15/h5-8,19H,9H2,1-4H3. The molecular weight excluding hydrogens is 316 g/mol. The average Bonchev–Trinajstić information content (AvgIpc) is 2.42. The van der Waals surface area contributed by atoms with Gasteiger partial charge in [0.15, 0.2) is 0 Å². The number of halogens is 1. The van der Waals surface area contributed by atoms with Gasteiger partial charge in [0.2, 0.25) is 0 Å². The summed E-state index contributed by atoms with van der Waals surface area (Å²) in [6.07, 6.45) is 1.86. The molecule has 0 bridgehead atoms. The van der Waals surface area contributed by atoms with Gasteiger partial charge in [0.25, 0.3) is 0 Å². The predicted octanol–water partition coefficient (Wildman–Crippen LogP) is 4.39. The van der Waals surface area contributed by atoms with E-state index in [9.17, 15) is 0 Å². The third kappa shape index (κ3) is 3.12. The molecule has 0 radical (unpaired) electrons. The van der Waals surface area contributed by atoms with Crippen molar-refractivity contribution >= 4 is 21.6 Å². The lowest BCUT2D eigenvalue weighted by atomic mass is 10.1. The number of nitrogens with zero attached hydrogens (tertiary/aromatic N) is 1. The topological polar surface area (TPSA) is 34.1 Å². The van der Waals surface area contributed by atoms with Crippen LogP contribution in [0.4, 0.5) is 5.69 Å². The number of benzene rings is 1. The van der Waals surface area contributed by atoms with Crippen LogP contribution in [-0.4, -0.2) is 12.1 Å². The molecule has 0 unspecified atom stereocenters. The summed E-state index contributed by atoms with van der Waals surface area (Å²) in [4.78, 5) is 4.50. The largest absolute Gasteiger partial charge is 0.496 e. The first kappa shape index (κ1) is 14.9. The van der Waals surface area contributed by atoms with Crippen LogP contribution >= 0.6 is 15.9 Å². The van der Waals surface area contributed by atoms with E-state index in [2.05, 4.69) is 45.3 Å². The van der Waals surface area contributed by atoms with E-state index < -0.39 is 0 Å². The van der Waals surface area contributed by atoms with Gasteiger partial charge in [0, 0.05) is 27.5 Å². The number of anilines is 1. The molecule has 4 heteroatoms. The Labute approximate surface area is 128 Å². The van der Waals surface area contributed by atoms with Gasteiger partial charge >= 0.3 is 0 Å². The molecule has 1 N–H and O–H groups in total. The van der Waals surface area contributed by atoms with Gasteiger partial charge in [-0.25, -0.2) is 0 Å². The number of hydrogen-bond acceptors (Lipinski definition) is 3. The fourth-order valence-electron chi connectivity index (χ4n) is 2.20. The summed E-state index contributed by atoms with van der Waals surface area (Å²) in [5, 5.41) is 3.42. The van der Waals surface area contributed by atoms with Crippen molar-refractivity contribution in [3.63, 3.8) is 0 Å². The zero-order valence-electron chi connectivity index (χ0n) is 12.2. The van der Waals surface area contributed by atoms with Crippen molar-refractivity contribution in [2.75, 3.05) is 12.4 Å². The molecule has 1 aromatic heterocycles. The van der Waals surface area contributed by atoms with Crippen molar-refractivity contribution in [3.05, 3.63) is 51.3 Å². The molecule has 1 heterocycles. The molecule has 0 aliphatic heterocycles. The molecule has 1 aromatic carbocycles. The van der Waals surface area contributed by atoms with E-state index in [1.165, 1.54) is 5.56 Å². The lowest BCUT2D eigenvalue weighted by molar-refractivity contribution is 0.407. The number of nitrogens with one attached hydrogen (secondary N) is 1. The van der Waals surface area contributed by atoms with Crippen LogP contribution in [0.1, 0.15) is 22.4 Å². The summed E-state index contributed by atoms with van der Waals surface area (Å²) in [5.41, 5.74) is 5.45. The first-order valence-corrected chi connectivity index (χ1v) is 7.31. The fraction of sp³-hybridized carbons (Fsp3) is 0.312. The smallest absolute Gasteiger partial charge is 0.128 e. The summed E-state index contributed by atoms with van der Waals surface area (Å²) in [6, 6.07) is 6.24. The van der Waals surface area contributed by atoms with E-state index in [0.29, 0.717) is 6.54 Å². The van der Waals surface area contributed by atoms with Gasteiger partial charge < -0.3 is 10.1 Å². The minimum Gasteiger partial charge on any atom is -0.496 e. The Morgan fingerprint density at radius 2 is 2.00 bits per heavy atom. The Hall–Kier alpha value is -1.55. The SMILES string of the molecule is COc1c(C)cnc(CNc2cc(C)ccc2Br)c1C. The fourth-order valence-corrected chi connectivity index (χ4v) is 2.59. The monoisotopic (exact) mass is 334 g/mol. The van der Waals surface area contributed by atoms with Gasteiger partial charge in [0.1, 0.15) is 5.75 Å². The Bertz CT molecular complexity index is 626. The molecule has 0 spiro atoms. The van der Waals surface area contributed by atoms with E-state index in [1.54, 1.807) is 7.11 Å². The number of rotatable bonds is 4. The molecule has 0 aliphatic rings. The van der Waals surface area contributed by atoms with Crippen molar-refractivity contribution in [3.8, 4) is 5.75 Å². The molecule has 20 heavy (non-hydrogen) atoms. The maximum Gasteiger partial charge on any atom is 0.128 e. The molecule has 3 nitrogen and oxygen atoms in total. The normalized spacial score (nSPS) is 10.4. The molecule has 0 amide bonds. The highest BCUT2D eigenvalue weighted by Crippen LogP contribution is 2.27. The van der Waals surface area contributed by atoms with Crippen molar-refractivity contribution in [1.29, 1.82) is 0 Å². The molecule has 2 aromatic rings. The van der Waals surface area contributed by atoms with Gasteiger partial charge in [-0.05, 0) is 54.4 Å². The summed E-state index contributed by atoms with van der Waals surface area (Å²) in [5.74, 6) is 0.917. The van der Waals surface area contributed by atoms with Crippen LogP contribution in [0, 0.1) is 20.8 Å². The first-order chi connectivity index (χ1) is 9.52. The molecule has 0 aliphatic carbocycles. The summed E-state index contributed by atoms with van der Waals surface area (Å²) in [6.45, 7) is 6.80. The number of hydrogen-bond donors (Lipinski definition) is 1. The molecule has 0 saturated carbocycles. The second-order valence-corrected chi connectivity index (χ2v) is 5.74. The number of aromatic nitrogens is 1. The van der Waals surface area contributed by atoms with Crippen LogP contribution in [0.3, 0.4) is 0 Å². The van der Waals surface area contributed by atoms with Gasteiger partial charge in [-0.3, -0.25) is 4.98 Å². The summed E-state index contributed by atoms with van der Waals surface area (Å²) in [7, 11) is 1.70. The van der Waals surface area contributed by atoms with Crippen molar-refractivity contribution in [1.82, 2.24) is 4.98 Å². The number of pyridine rings is 1. The minimum absolute atomic E-state index is 0.671. The lowest BCUT2D eigenvalue weighted by Gasteiger charge is -2.14. The Kier molecular flexibility index (Phi) is 4.65. The molecule has 106 valence electrons. The van der Waals surface area contributed by atoms with Crippen molar-refractivity contribution in [2.45, 2.75) is 27.3 Å². The van der Waals surface area contributed by atoms with Crippen molar-refractivity contribution < 1.29 is 4.74 Å². The highest BCUT2D eigenvalue weighted by atomic mass is 79.9. The predicted molar refractivity (Wildman–Crippen MR) is 86.5 cm³/mol. The highest BCUT2D eigenvalue weighted by Gasteiger charge is 2.09. The average molecular weight is 335 g/mol. The minimum atomic E-state index is 0.671. The zero-order chi connectivity index (χ0) is 14.7. The number of ether oxygens (including phenoxy) is 1. The van der Waals surface area contributed by atoms with E-state index in [-0.39, 0.29) is 0 Å². The van der Waals surface area contributed by atoms with Crippen LogP contribution in [0.25, 0.3) is 0 Å². The summed E-state index contributed by atoms with van der Waals surface area (Å²) < 4.78 is 6.49. The first-order valence-electron chi connectivity index (χ1n) is 6.52. The van der Waals surface area contributed by atoms with E-state index >= 15 is 0 Å². The maximum absolute atomic E-state index is 5.43. The van der Waals surface area contributed by atoms with Gasteiger partial charge in [-0.2, -0.15) is 0 Å². The van der Waals surface area contributed by atoms with Crippen LogP contribution in [0.15, 0.2) is 28.9 Å². The number of methoxy groups -OCH3 is 1. The van der Waals surface area contributed by atoms with E-state index in [1.807, 2.05) is 26.1 Å². The molecule has 0 fully saturated rings. The highest BCUT2D eigenvalue weighted by molar-refractivity contribution is 9.10. The van der Waals surface area contributed by atoms with E-state index in [4.69, 9.17) is 4.74 Å². The van der Waals surface area contributed by atoms with Gasteiger partial charge in [-0.15, -0.1) is 0 Å². The van der Waals surface area contributed by atoms with Crippen LogP contribution in [-0.2, 0) is 6.54 Å². The Morgan fingerprint density at radius 1 is 1.25 bits per heavy atom. The van der Waals surface area contributed by atoms with Crippen LogP contribution in [0.2, 0.25) is 0 Å². The lowest BCUT2D eigenvalue weighted by Crippen LogP contribution is -2.06. The molecule has 0 atom stereocenters. The number of aryl methyl sites for hydroxylation is 2. The Balaban J connectivity index is 2.21. The third-order valence-corrected chi connectivity index (χ3v) is 4.01. The zero-order valence-corrected chi connectivity index (χ0v) is 13.8. The van der Waals surface area contributed by atoms with Gasteiger partial charge in [-0.1, -0.05) is 6.07 Å². The van der Waals surface area contributed by atoms with Crippen molar-refractivity contribution in [2.24, 2.45) is 0 Å². The Morgan fingerprint density at radius 3 is 2.70 bits per heavy atom.